The largest absolute Gasteiger partial charge is 0.349 e. The van der Waals surface area contributed by atoms with E-state index in [1.165, 1.54) is 6.07 Å². The molecule has 0 aromatic carbocycles. The van der Waals surface area contributed by atoms with Gasteiger partial charge in [-0.2, -0.15) is 5.10 Å². The van der Waals surface area contributed by atoms with Gasteiger partial charge in [0.15, 0.2) is 5.82 Å². The lowest BCUT2D eigenvalue weighted by Gasteiger charge is -2.24. The van der Waals surface area contributed by atoms with E-state index in [1.807, 2.05) is 42.1 Å². The molecule has 1 atom stereocenters. The van der Waals surface area contributed by atoms with E-state index in [0.29, 0.717) is 6.54 Å². The van der Waals surface area contributed by atoms with Crippen LogP contribution >= 0.6 is 0 Å². The highest BCUT2D eigenvalue weighted by Crippen LogP contribution is 2.30. The average Bonchev–Trinajstić information content (AvgIpc) is 3.13. The van der Waals surface area contributed by atoms with Gasteiger partial charge in [0.1, 0.15) is 0 Å². The number of carbonyl (C=O) groups excluding carboxylic acids is 1. The van der Waals surface area contributed by atoms with E-state index in [4.69, 9.17) is 0 Å². The normalized spacial score (nSPS) is 15.8. The lowest BCUT2D eigenvalue weighted by molar-refractivity contribution is -0.122. The molecule has 0 bridgehead atoms. The van der Waals surface area contributed by atoms with Gasteiger partial charge in [-0.3, -0.25) is 9.59 Å². The summed E-state index contributed by atoms with van der Waals surface area (Å²) in [6, 6.07) is 10.8. The van der Waals surface area contributed by atoms with E-state index in [0.717, 1.165) is 42.0 Å². The van der Waals surface area contributed by atoms with Gasteiger partial charge in [-0.15, -0.1) is 0 Å². The van der Waals surface area contributed by atoms with Crippen molar-refractivity contribution in [2.75, 3.05) is 0 Å². The highest BCUT2D eigenvalue weighted by atomic mass is 16.2. The fourth-order valence-corrected chi connectivity index (χ4v) is 3.77. The van der Waals surface area contributed by atoms with E-state index in [9.17, 15) is 9.59 Å². The maximum absolute atomic E-state index is 12.5. The summed E-state index contributed by atoms with van der Waals surface area (Å²) in [6.45, 7) is 2.25. The van der Waals surface area contributed by atoms with Gasteiger partial charge >= 0.3 is 0 Å². The van der Waals surface area contributed by atoms with Crippen molar-refractivity contribution in [2.45, 2.75) is 45.2 Å². The second-order valence-electron chi connectivity index (χ2n) is 7.07. The first-order valence-corrected chi connectivity index (χ1v) is 9.57. The van der Waals surface area contributed by atoms with Crippen molar-refractivity contribution in [3.63, 3.8) is 0 Å². The minimum Gasteiger partial charge on any atom is -0.349 e. The zero-order valence-corrected chi connectivity index (χ0v) is 15.8. The maximum Gasteiger partial charge on any atom is 0.250 e. The van der Waals surface area contributed by atoms with E-state index in [1.54, 1.807) is 16.8 Å². The van der Waals surface area contributed by atoms with Crippen molar-refractivity contribution in [1.29, 1.82) is 0 Å². The third-order valence-electron chi connectivity index (χ3n) is 5.21. The van der Waals surface area contributed by atoms with Crippen LogP contribution in [0.5, 0.6) is 0 Å². The number of hydrogen-bond donors (Lipinski definition) is 1. The standard InChI is InChI=1S/C21H23N5O2/c1-15-6-4-10-21(28)25(15)13-11-20(27)24-17-7-5-8-18-16(17)14-23-26(18)19-9-2-3-12-22-19/h2-4,6,9-10,12,14,17H,5,7-8,11,13H2,1H3,(H,24,27). The van der Waals surface area contributed by atoms with Crippen LogP contribution in [-0.2, 0) is 17.8 Å². The summed E-state index contributed by atoms with van der Waals surface area (Å²) in [5.74, 6) is 0.730. The van der Waals surface area contributed by atoms with Crippen LogP contribution in [0.3, 0.4) is 0 Å². The molecule has 144 valence electrons. The van der Waals surface area contributed by atoms with Gasteiger partial charge in [0.2, 0.25) is 5.91 Å². The molecule has 28 heavy (non-hydrogen) atoms. The van der Waals surface area contributed by atoms with Crippen LogP contribution in [0.1, 0.15) is 42.3 Å². The molecule has 3 aromatic rings. The molecule has 0 saturated carbocycles. The van der Waals surface area contributed by atoms with Crippen LogP contribution in [0, 0.1) is 6.92 Å². The fraction of sp³-hybridized carbons (Fsp3) is 0.333. The van der Waals surface area contributed by atoms with E-state index < -0.39 is 0 Å². The first kappa shape index (κ1) is 18.2. The molecule has 1 aliphatic rings. The van der Waals surface area contributed by atoms with Crippen LogP contribution in [0.15, 0.2) is 53.6 Å². The van der Waals surface area contributed by atoms with Crippen molar-refractivity contribution >= 4 is 5.91 Å². The van der Waals surface area contributed by atoms with Crippen molar-refractivity contribution in [2.24, 2.45) is 0 Å². The Bertz CT molecular complexity index is 1040. The summed E-state index contributed by atoms with van der Waals surface area (Å²) < 4.78 is 3.49. The molecule has 0 spiro atoms. The highest BCUT2D eigenvalue weighted by Gasteiger charge is 2.26. The summed E-state index contributed by atoms with van der Waals surface area (Å²) in [5, 5.41) is 7.62. The predicted octanol–water partition coefficient (Wildman–Crippen LogP) is 2.32. The van der Waals surface area contributed by atoms with Crippen LogP contribution in [-0.4, -0.2) is 25.2 Å². The number of rotatable bonds is 5. The Hall–Kier alpha value is -3.22. The smallest absolute Gasteiger partial charge is 0.250 e. The van der Waals surface area contributed by atoms with Crippen molar-refractivity contribution in [3.05, 3.63) is 76.1 Å². The number of hydrogen-bond acceptors (Lipinski definition) is 4. The Balaban J connectivity index is 1.46. The number of nitrogens with one attached hydrogen (secondary N) is 1. The van der Waals surface area contributed by atoms with Crippen molar-refractivity contribution < 1.29 is 4.79 Å². The number of carbonyl (C=O) groups is 1. The molecule has 0 saturated heterocycles. The summed E-state index contributed by atoms with van der Waals surface area (Å²) >= 11 is 0. The Morgan fingerprint density at radius 1 is 1.25 bits per heavy atom. The molecular weight excluding hydrogens is 354 g/mol. The SMILES string of the molecule is Cc1cccc(=O)n1CCC(=O)NC1CCCc2c1cnn2-c1ccccn1. The van der Waals surface area contributed by atoms with Gasteiger partial charge in [-0.05, 0) is 44.4 Å². The second kappa shape index (κ2) is 7.80. The molecule has 7 heteroatoms. The summed E-state index contributed by atoms with van der Waals surface area (Å²) in [7, 11) is 0. The van der Waals surface area contributed by atoms with Gasteiger partial charge in [0.05, 0.1) is 17.9 Å². The Morgan fingerprint density at radius 2 is 2.14 bits per heavy atom. The fourth-order valence-electron chi connectivity index (χ4n) is 3.77. The Morgan fingerprint density at radius 3 is 2.93 bits per heavy atom. The van der Waals surface area contributed by atoms with Crippen LogP contribution in [0.25, 0.3) is 5.82 Å². The van der Waals surface area contributed by atoms with Gasteiger partial charge in [0, 0.05) is 36.5 Å². The molecule has 1 unspecified atom stereocenters. The van der Waals surface area contributed by atoms with Gasteiger partial charge in [0.25, 0.3) is 5.56 Å². The van der Waals surface area contributed by atoms with E-state index in [-0.39, 0.29) is 23.9 Å². The number of aromatic nitrogens is 4. The van der Waals surface area contributed by atoms with Crippen LogP contribution in [0.2, 0.25) is 0 Å². The molecule has 1 amide bonds. The Kier molecular flexibility index (Phi) is 5.06. The van der Waals surface area contributed by atoms with Crippen LogP contribution in [0.4, 0.5) is 0 Å². The van der Waals surface area contributed by atoms with Crippen LogP contribution < -0.4 is 10.9 Å². The third-order valence-corrected chi connectivity index (χ3v) is 5.21. The third kappa shape index (κ3) is 3.60. The molecule has 7 nitrogen and oxygen atoms in total. The summed E-state index contributed by atoms with van der Waals surface area (Å²) in [6.07, 6.45) is 6.63. The minimum atomic E-state index is -0.0793. The molecule has 0 radical (unpaired) electrons. The average molecular weight is 377 g/mol. The highest BCUT2D eigenvalue weighted by molar-refractivity contribution is 5.76. The molecule has 1 aliphatic carbocycles. The number of pyridine rings is 2. The second-order valence-corrected chi connectivity index (χ2v) is 7.07. The molecule has 3 heterocycles. The molecule has 0 aliphatic heterocycles. The van der Waals surface area contributed by atoms with Crippen molar-refractivity contribution in [1.82, 2.24) is 24.6 Å². The topological polar surface area (TPSA) is 81.8 Å². The summed E-state index contributed by atoms with van der Waals surface area (Å²) in [4.78, 5) is 28.9. The first-order chi connectivity index (χ1) is 13.6. The number of aryl methyl sites for hydroxylation is 1. The molecule has 4 rings (SSSR count). The summed E-state index contributed by atoms with van der Waals surface area (Å²) in [5.41, 5.74) is 2.94. The molecule has 3 aromatic heterocycles. The monoisotopic (exact) mass is 377 g/mol. The molecular formula is C21H23N5O2. The number of amides is 1. The quantitative estimate of drug-likeness (QED) is 0.740. The van der Waals surface area contributed by atoms with Gasteiger partial charge in [-0.25, -0.2) is 9.67 Å². The Labute approximate surface area is 163 Å². The zero-order valence-electron chi connectivity index (χ0n) is 15.8. The molecule has 0 fully saturated rings. The molecule has 1 N–H and O–H groups in total. The van der Waals surface area contributed by atoms with E-state index >= 15 is 0 Å². The van der Waals surface area contributed by atoms with Gasteiger partial charge in [-0.1, -0.05) is 12.1 Å². The minimum absolute atomic E-state index is 0.0534. The van der Waals surface area contributed by atoms with Crippen molar-refractivity contribution in [3.8, 4) is 5.82 Å². The first-order valence-electron chi connectivity index (χ1n) is 9.57. The number of nitrogens with zero attached hydrogens (tertiary/aromatic N) is 4. The predicted molar refractivity (Wildman–Crippen MR) is 105 cm³/mol. The van der Waals surface area contributed by atoms with E-state index in [2.05, 4.69) is 15.4 Å². The lowest BCUT2D eigenvalue weighted by atomic mass is 9.93. The maximum atomic E-state index is 12.5. The lowest BCUT2D eigenvalue weighted by Crippen LogP contribution is -2.32. The number of fused-ring (bicyclic) bond motifs is 1. The zero-order chi connectivity index (χ0) is 19.5. The van der Waals surface area contributed by atoms with Gasteiger partial charge < -0.3 is 9.88 Å².